The number of nitrogens with zero attached hydrogens (tertiary/aromatic N) is 1. The summed E-state index contributed by atoms with van der Waals surface area (Å²) in [6.45, 7) is 1.37. The SMILES string of the molecule is CCC1(c2ccccc2)NC(=O)N(CC(=O)Nc2sc3c(c2C(=O)OC)CCCC3)C1=O. The molecule has 2 aliphatic rings. The van der Waals surface area contributed by atoms with Crippen molar-refractivity contribution in [2.75, 3.05) is 19.0 Å². The predicted octanol–water partition coefficient (Wildman–Crippen LogP) is 3.21. The van der Waals surface area contributed by atoms with Crippen molar-refractivity contribution < 1.29 is 23.9 Å². The van der Waals surface area contributed by atoms with Crippen LogP contribution in [0.1, 0.15) is 52.5 Å². The Morgan fingerprint density at radius 2 is 1.91 bits per heavy atom. The van der Waals surface area contributed by atoms with Crippen LogP contribution in [0.15, 0.2) is 30.3 Å². The minimum Gasteiger partial charge on any atom is -0.465 e. The molecular formula is C23H25N3O5S. The second kappa shape index (κ2) is 8.74. The van der Waals surface area contributed by atoms with E-state index in [-0.39, 0.29) is 0 Å². The highest BCUT2D eigenvalue weighted by atomic mass is 32.1. The van der Waals surface area contributed by atoms with Crippen LogP contribution in [-0.2, 0) is 32.7 Å². The molecule has 9 heteroatoms. The molecule has 1 aliphatic heterocycles. The zero-order valence-corrected chi connectivity index (χ0v) is 18.8. The van der Waals surface area contributed by atoms with Gasteiger partial charge < -0.3 is 15.4 Å². The van der Waals surface area contributed by atoms with Gasteiger partial charge in [0.25, 0.3) is 5.91 Å². The predicted molar refractivity (Wildman–Crippen MR) is 120 cm³/mol. The summed E-state index contributed by atoms with van der Waals surface area (Å²) in [4.78, 5) is 53.1. The number of amides is 4. The molecule has 2 aromatic rings. The highest BCUT2D eigenvalue weighted by molar-refractivity contribution is 7.17. The van der Waals surface area contributed by atoms with Gasteiger partial charge in [-0.05, 0) is 43.2 Å². The van der Waals surface area contributed by atoms with Crippen LogP contribution in [0, 0.1) is 0 Å². The van der Waals surface area contributed by atoms with E-state index >= 15 is 0 Å². The average Bonchev–Trinajstić information content (AvgIpc) is 3.29. The van der Waals surface area contributed by atoms with Crippen LogP contribution in [0.25, 0.3) is 0 Å². The zero-order chi connectivity index (χ0) is 22.9. The van der Waals surface area contributed by atoms with Gasteiger partial charge in [-0.15, -0.1) is 11.3 Å². The summed E-state index contributed by atoms with van der Waals surface area (Å²) in [5.74, 6) is -1.51. The molecule has 0 spiro atoms. The van der Waals surface area contributed by atoms with Gasteiger partial charge in [-0.25, -0.2) is 9.59 Å². The standard InChI is InChI=1S/C23H25N3O5S/c1-3-23(14-9-5-4-6-10-14)21(29)26(22(30)25-23)13-17(27)24-19-18(20(28)31-2)15-11-7-8-12-16(15)32-19/h4-6,9-10H,3,7-8,11-13H2,1-2H3,(H,24,27)(H,25,30). The first-order chi connectivity index (χ1) is 15.4. The summed E-state index contributed by atoms with van der Waals surface area (Å²) in [7, 11) is 1.31. The normalized spacial score (nSPS) is 20.0. The van der Waals surface area contributed by atoms with Gasteiger partial charge in [0.2, 0.25) is 5.91 Å². The molecule has 1 aromatic heterocycles. The Morgan fingerprint density at radius 3 is 2.59 bits per heavy atom. The molecule has 1 saturated heterocycles. The number of carbonyl (C=O) groups excluding carboxylic acids is 4. The molecule has 0 bridgehead atoms. The van der Waals surface area contributed by atoms with E-state index in [1.807, 2.05) is 13.0 Å². The number of aryl methyl sites for hydroxylation is 1. The maximum Gasteiger partial charge on any atom is 0.341 e. The van der Waals surface area contributed by atoms with E-state index in [1.165, 1.54) is 18.4 Å². The molecule has 1 aromatic carbocycles. The number of fused-ring (bicyclic) bond motifs is 1. The number of imide groups is 1. The summed E-state index contributed by atoms with van der Waals surface area (Å²) >= 11 is 1.36. The summed E-state index contributed by atoms with van der Waals surface area (Å²) in [6, 6.07) is 8.38. The summed E-state index contributed by atoms with van der Waals surface area (Å²) in [6.07, 6.45) is 3.97. The Kier molecular flexibility index (Phi) is 6.01. The molecule has 0 saturated carbocycles. The average molecular weight is 456 g/mol. The number of nitrogens with one attached hydrogen (secondary N) is 2. The van der Waals surface area contributed by atoms with E-state index < -0.39 is 35.9 Å². The van der Waals surface area contributed by atoms with Crippen LogP contribution >= 0.6 is 11.3 Å². The number of urea groups is 1. The van der Waals surface area contributed by atoms with E-state index in [2.05, 4.69) is 10.6 Å². The number of rotatable bonds is 6. The fraction of sp³-hybridized carbons (Fsp3) is 0.391. The fourth-order valence-corrected chi connectivity index (χ4v) is 5.71. The van der Waals surface area contributed by atoms with Gasteiger partial charge in [0.1, 0.15) is 17.1 Å². The van der Waals surface area contributed by atoms with Crippen molar-refractivity contribution in [3.63, 3.8) is 0 Å². The zero-order valence-electron chi connectivity index (χ0n) is 18.0. The van der Waals surface area contributed by atoms with Crippen LogP contribution in [0.2, 0.25) is 0 Å². The topological polar surface area (TPSA) is 105 Å². The lowest BCUT2D eigenvalue weighted by Crippen LogP contribution is -2.44. The van der Waals surface area contributed by atoms with E-state index in [0.29, 0.717) is 22.5 Å². The Bertz CT molecular complexity index is 1080. The second-order valence-corrected chi connectivity index (χ2v) is 9.01. The molecule has 32 heavy (non-hydrogen) atoms. The molecule has 1 fully saturated rings. The molecular weight excluding hydrogens is 430 g/mol. The van der Waals surface area contributed by atoms with Crippen molar-refractivity contribution in [3.05, 3.63) is 51.9 Å². The van der Waals surface area contributed by atoms with E-state index in [1.54, 1.807) is 24.3 Å². The number of hydrogen-bond acceptors (Lipinski definition) is 6. The van der Waals surface area contributed by atoms with Crippen molar-refractivity contribution in [2.24, 2.45) is 0 Å². The van der Waals surface area contributed by atoms with E-state index in [9.17, 15) is 19.2 Å². The van der Waals surface area contributed by atoms with Gasteiger partial charge in [-0.2, -0.15) is 0 Å². The number of carbonyl (C=O) groups is 4. The van der Waals surface area contributed by atoms with Crippen LogP contribution < -0.4 is 10.6 Å². The van der Waals surface area contributed by atoms with Gasteiger partial charge in [0, 0.05) is 4.88 Å². The Labute approximate surface area is 189 Å². The first kappa shape index (κ1) is 22.0. The van der Waals surface area contributed by atoms with Crippen LogP contribution in [-0.4, -0.2) is 42.4 Å². The minimum atomic E-state index is -1.20. The third kappa shape index (κ3) is 3.66. The largest absolute Gasteiger partial charge is 0.465 e. The van der Waals surface area contributed by atoms with Crippen molar-refractivity contribution in [1.29, 1.82) is 0 Å². The second-order valence-electron chi connectivity index (χ2n) is 7.90. The van der Waals surface area contributed by atoms with Gasteiger partial charge in [-0.1, -0.05) is 37.3 Å². The third-order valence-electron chi connectivity index (χ3n) is 6.09. The van der Waals surface area contributed by atoms with Gasteiger partial charge in [-0.3, -0.25) is 14.5 Å². The Balaban J connectivity index is 1.55. The lowest BCUT2D eigenvalue weighted by Gasteiger charge is -2.25. The molecule has 1 unspecified atom stereocenters. The molecule has 168 valence electrons. The molecule has 4 rings (SSSR count). The first-order valence-corrected chi connectivity index (χ1v) is 11.4. The van der Waals surface area contributed by atoms with Crippen molar-refractivity contribution in [3.8, 4) is 0 Å². The smallest absolute Gasteiger partial charge is 0.341 e. The number of thiophene rings is 1. The maximum absolute atomic E-state index is 13.2. The monoisotopic (exact) mass is 455 g/mol. The van der Waals surface area contributed by atoms with Crippen molar-refractivity contribution >= 4 is 40.2 Å². The highest BCUT2D eigenvalue weighted by Crippen LogP contribution is 2.39. The van der Waals surface area contributed by atoms with Crippen molar-refractivity contribution in [2.45, 2.75) is 44.6 Å². The Hall–Kier alpha value is -3.20. The fourth-order valence-electron chi connectivity index (χ4n) is 4.41. The van der Waals surface area contributed by atoms with E-state index in [0.717, 1.165) is 41.0 Å². The molecule has 4 amide bonds. The molecule has 1 aliphatic carbocycles. The number of benzene rings is 1. The molecule has 2 N–H and O–H groups in total. The summed E-state index contributed by atoms with van der Waals surface area (Å²) in [5, 5.41) is 5.92. The first-order valence-electron chi connectivity index (χ1n) is 10.6. The van der Waals surface area contributed by atoms with Crippen LogP contribution in [0.4, 0.5) is 9.80 Å². The summed E-state index contributed by atoms with van der Waals surface area (Å²) < 4.78 is 4.93. The van der Waals surface area contributed by atoms with Crippen molar-refractivity contribution in [1.82, 2.24) is 10.2 Å². The number of hydrogen-bond donors (Lipinski definition) is 2. The third-order valence-corrected chi connectivity index (χ3v) is 7.30. The van der Waals surface area contributed by atoms with Crippen LogP contribution in [0.3, 0.4) is 0 Å². The summed E-state index contributed by atoms with van der Waals surface area (Å²) in [5.41, 5.74) is 0.776. The van der Waals surface area contributed by atoms with Gasteiger partial charge >= 0.3 is 12.0 Å². The lowest BCUT2D eigenvalue weighted by molar-refractivity contribution is -0.134. The Morgan fingerprint density at radius 1 is 1.19 bits per heavy atom. The highest BCUT2D eigenvalue weighted by Gasteiger charge is 2.51. The quantitative estimate of drug-likeness (QED) is 0.514. The lowest BCUT2D eigenvalue weighted by atomic mass is 9.87. The number of anilines is 1. The maximum atomic E-state index is 13.2. The molecule has 1 atom stereocenters. The number of esters is 1. The minimum absolute atomic E-state index is 0.351. The number of ether oxygens (including phenoxy) is 1. The molecule has 2 heterocycles. The van der Waals surface area contributed by atoms with Gasteiger partial charge in [0.05, 0.1) is 12.7 Å². The molecule has 0 radical (unpaired) electrons. The van der Waals surface area contributed by atoms with E-state index in [4.69, 9.17) is 4.74 Å². The van der Waals surface area contributed by atoms with Crippen LogP contribution in [0.5, 0.6) is 0 Å². The number of methoxy groups -OCH3 is 1. The molecule has 8 nitrogen and oxygen atoms in total. The van der Waals surface area contributed by atoms with Gasteiger partial charge in [0.15, 0.2) is 0 Å².